The summed E-state index contributed by atoms with van der Waals surface area (Å²) in [5, 5.41) is 0.645. The quantitative estimate of drug-likeness (QED) is 0.374. The van der Waals surface area contributed by atoms with Gasteiger partial charge in [-0.3, -0.25) is 4.79 Å². The summed E-state index contributed by atoms with van der Waals surface area (Å²) in [5.74, 6) is 2.05. The van der Waals surface area contributed by atoms with E-state index in [-0.39, 0.29) is 18.4 Å². The molecule has 1 aliphatic heterocycles. The third-order valence-electron chi connectivity index (χ3n) is 6.13. The number of halogens is 1. The van der Waals surface area contributed by atoms with Gasteiger partial charge in [0.05, 0.1) is 33.3 Å². The van der Waals surface area contributed by atoms with E-state index in [9.17, 15) is 4.79 Å². The van der Waals surface area contributed by atoms with Crippen molar-refractivity contribution in [1.29, 1.82) is 0 Å². The number of hydrogen-bond acceptors (Lipinski definition) is 5. The lowest BCUT2D eigenvalue weighted by molar-refractivity contribution is -0.118. The van der Waals surface area contributed by atoms with Gasteiger partial charge in [-0.2, -0.15) is 0 Å². The fraction of sp³-hybridized carbons (Fsp3) is 0.321. The van der Waals surface area contributed by atoms with Crippen LogP contribution in [0.2, 0.25) is 5.02 Å². The van der Waals surface area contributed by atoms with Gasteiger partial charge in [-0.15, -0.1) is 0 Å². The third-order valence-corrected chi connectivity index (χ3v) is 6.38. The molecule has 0 aromatic heterocycles. The smallest absolute Gasteiger partial charge is 0.232 e. The standard InChI is InChI=1S/C28H31ClN2O4/c1-30(2)14-5-15-35-26-18-24-20(16-25(26)34-4)17-27(32)31(22-10-12-23(33-3)13-11-22)28(24)19-6-8-21(29)9-7-19/h6-13,16,18,28H,5,14-15,17H2,1-4H3. The van der Waals surface area contributed by atoms with Gasteiger partial charge in [0.2, 0.25) is 5.91 Å². The zero-order chi connectivity index (χ0) is 24.9. The number of carbonyl (C=O) groups is 1. The van der Waals surface area contributed by atoms with Crippen LogP contribution in [0.4, 0.5) is 5.69 Å². The van der Waals surface area contributed by atoms with Crippen LogP contribution in [0.3, 0.4) is 0 Å². The normalized spacial score (nSPS) is 15.2. The minimum absolute atomic E-state index is 0.00400. The van der Waals surface area contributed by atoms with Crippen molar-refractivity contribution in [2.24, 2.45) is 0 Å². The lowest BCUT2D eigenvalue weighted by Gasteiger charge is -2.38. The summed E-state index contributed by atoms with van der Waals surface area (Å²) < 4.78 is 17.1. The van der Waals surface area contributed by atoms with Gasteiger partial charge in [-0.25, -0.2) is 0 Å². The molecule has 1 aliphatic rings. The molecule has 3 aromatic carbocycles. The van der Waals surface area contributed by atoms with Gasteiger partial charge in [0.25, 0.3) is 0 Å². The maximum Gasteiger partial charge on any atom is 0.232 e. The van der Waals surface area contributed by atoms with Crippen molar-refractivity contribution >= 4 is 23.2 Å². The number of benzene rings is 3. The van der Waals surface area contributed by atoms with E-state index >= 15 is 0 Å². The molecule has 0 spiro atoms. The van der Waals surface area contributed by atoms with Gasteiger partial charge in [0.15, 0.2) is 11.5 Å². The molecule has 7 heteroatoms. The first-order valence-corrected chi connectivity index (χ1v) is 12.0. The van der Waals surface area contributed by atoms with E-state index in [1.807, 2.05) is 79.7 Å². The highest BCUT2D eigenvalue weighted by atomic mass is 35.5. The highest BCUT2D eigenvalue weighted by Crippen LogP contribution is 2.43. The van der Waals surface area contributed by atoms with Crippen LogP contribution in [0.25, 0.3) is 0 Å². The molecule has 1 heterocycles. The summed E-state index contributed by atoms with van der Waals surface area (Å²) in [6, 6.07) is 18.8. The summed E-state index contributed by atoms with van der Waals surface area (Å²) in [5.41, 5.74) is 3.69. The minimum atomic E-state index is -0.341. The Balaban J connectivity index is 1.79. The molecule has 0 radical (unpaired) electrons. The van der Waals surface area contributed by atoms with Crippen LogP contribution in [0.1, 0.15) is 29.2 Å². The van der Waals surface area contributed by atoms with Crippen molar-refractivity contribution in [2.75, 3.05) is 46.4 Å². The van der Waals surface area contributed by atoms with Crippen LogP contribution < -0.4 is 19.1 Å². The number of nitrogens with zero attached hydrogens (tertiary/aromatic N) is 2. The van der Waals surface area contributed by atoms with Gasteiger partial charge in [-0.1, -0.05) is 23.7 Å². The lowest BCUT2D eigenvalue weighted by Crippen LogP contribution is -2.41. The average Bonchev–Trinajstić information content (AvgIpc) is 2.86. The number of carbonyl (C=O) groups excluding carboxylic acids is 1. The van der Waals surface area contributed by atoms with E-state index in [4.69, 9.17) is 25.8 Å². The second-order valence-corrected chi connectivity index (χ2v) is 9.24. The Morgan fingerprint density at radius 3 is 2.31 bits per heavy atom. The summed E-state index contributed by atoms with van der Waals surface area (Å²) in [7, 11) is 7.34. The molecule has 6 nitrogen and oxygen atoms in total. The Hall–Kier alpha value is -3.22. The largest absolute Gasteiger partial charge is 0.497 e. The molecule has 0 aliphatic carbocycles. The van der Waals surface area contributed by atoms with E-state index in [0.717, 1.165) is 41.1 Å². The van der Waals surface area contributed by atoms with Crippen LogP contribution in [-0.2, 0) is 11.2 Å². The predicted molar refractivity (Wildman–Crippen MR) is 139 cm³/mol. The molecule has 4 rings (SSSR count). The molecule has 1 amide bonds. The summed E-state index contributed by atoms with van der Waals surface area (Å²) >= 11 is 6.19. The summed E-state index contributed by atoms with van der Waals surface area (Å²) in [6.45, 7) is 1.50. The number of fused-ring (bicyclic) bond motifs is 1. The molecule has 3 aromatic rings. The lowest BCUT2D eigenvalue weighted by atomic mass is 9.87. The van der Waals surface area contributed by atoms with Crippen molar-refractivity contribution in [1.82, 2.24) is 4.90 Å². The van der Waals surface area contributed by atoms with Gasteiger partial charge in [0.1, 0.15) is 5.75 Å². The fourth-order valence-corrected chi connectivity index (χ4v) is 4.53. The number of amides is 1. The van der Waals surface area contributed by atoms with Gasteiger partial charge < -0.3 is 24.0 Å². The van der Waals surface area contributed by atoms with Crippen molar-refractivity contribution in [2.45, 2.75) is 18.9 Å². The van der Waals surface area contributed by atoms with Crippen LogP contribution >= 0.6 is 11.6 Å². The molecule has 1 atom stereocenters. The molecule has 184 valence electrons. The zero-order valence-electron chi connectivity index (χ0n) is 20.6. The van der Waals surface area contributed by atoms with Gasteiger partial charge in [0, 0.05) is 17.3 Å². The Bertz CT molecular complexity index is 1160. The highest BCUT2D eigenvalue weighted by Gasteiger charge is 2.36. The van der Waals surface area contributed by atoms with Gasteiger partial charge >= 0.3 is 0 Å². The van der Waals surface area contributed by atoms with Crippen LogP contribution in [0, 0.1) is 0 Å². The van der Waals surface area contributed by atoms with Crippen molar-refractivity contribution in [3.63, 3.8) is 0 Å². The van der Waals surface area contributed by atoms with E-state index in [0.29, 0.717) is 23.1 Å². The topological polar surface area (TPSA) is 51.2 Å². The minimum Gasteiger partial charge on any atom is -0.497 e. The molecule has 0 saturated carbocycles. The number of anilines is 1. The molecule has 0 bridgehead atoms. The highest BCUT2D eigenvalue weighted by molar-refractivity contribution is 6.30. The molecule has 0 N–H and O–H groups in total. The van der Waals surface area contributed by atoms with E-state index < -0.39 is 0 Å². The first-order chi connectivity index (χ1) is 16.9. The maximum absolute atomic E-state index is 13.5. The molecule has 35 heavy (non-hydrogen) atoms. The second kappa shape index (κ2) is 11.0. The van der Waals surface area contributed by atoms with Crippen LogP contribution in [0.5, 0.6) is 17.2 Å². The van der Waals surface area contributed by atoms with Crippen LogP contribution in [-0.4, -0.2) is 52.3 Å². The number of hydrogen-bond donors (Lipinski definition) is 0. The first kappa shape index (κ1) is 24.9. The zero-order valence-corrected chi connectivity index (χ0v) is 21.3. The van der Waals surface area contributed by atoms with E-state index in [1.54, 1.807) is 14.2 Å². The van der Waals surface area contributed by atoms with Gasteiger partial charge in [-0.05, 0) is 85.7 Å². The number of rotatable bonds is 9. The fourth-order valence-electron chi connectivity index (χ4n) is 4.40. The Labute approximate surface area is 212 Å². The molecule has 0 fully saturated rings. The molecule has 1 unspecified atom stereocenters. The Morgan fingerprint density at radius 1 is 0.971 bits per heavy atom. The van der Waals surface area contributed by atoms with Crippen molar-refractivity contribution in [3.05, 3.63) is 82.4 Å². The van der Waals surface area contributed by atoms with Crippen molar-refractivity contribution < 1.29 is 19.0 Å². The second-order valence-electron chi connectivity index (χ2n) is 8.80. The molecule has 0 saturated heterocycles. The SMILES string of the molecule is COc1ccc(N2C(=O)Cc3cc(OC)c(OCCCN(C)C)cc3C2c2ccc(Cl)cc2)cc1. The third kappa shape index (κ3) is 5.55. The average molecular weight is 495 g/mol. The first-order valence-electron chi connectivity index (χ1n) is 11.6. The Kier molecular flexibility index (Phi) is 7.83. The summed E-state index contributed by atoms with van der Waals surface area (Å²) in [6.07, 6.45) is 1.16. The number of ether oxygens (including phenoxy) is 3. The molecular formula is C28H31ClN2O4. The van der Waals surface area contributed by atoms with E-state index in [2.05, 4.69) is 4.90 Å². The number of methoxy groups -OCH3 is 2. The monoisotopic (exact) mass is 494 g/mol. The Morgan fingerprint density at radius 2 is 1.69 bits per heavy atom. The van der Waals surface area contributed by atoms with E-state index in [1.165, 1.54) is 0 Å². The summed E-state index contributed by atoms with van der Waals surface area (Å²) in [4.78, 5) is 17.5. The predicted octanol–water partition coefficient (Wildman–Crippen LogP) is 5.37. The van der Waals surface area contributed by atoms with Crippen LogP contribution in [0.15, 0.2) is 60.7 Å². The van der Waals surface area contributed by atoms with Crippen molar-refractivity contribution in [3.8, 4) is 17.2 Å². The molecular weight excluding hydrogens is 464 g/mol. The maximum atomic E-state index is 13.5.